The van der Waals surface area contributed by atoms with Gasteiger partial charge in [-0.1, -0.05) is 6.07 Å². The van der Waals surface area contributed by atoms with Crippen LogP contribution in [-0.4, -0.2) is 37.7 Å². The smallest absolute Gasteiger partial charge is 0.165 e. The maximum absolute atomic E-state index is 13.6. The molecule has 108 valence electrons. The van der Waals surface area contributed by atoms with Crippen LogP contribution in [0.5, 0.6) is 5.75 Å². The number of halogens is 1. The molecule has 0 heterocycles. The van der Waals surface area contributed by atoms with E-state index in [9.17, 15) is 4.39 Å². The molecule has 1 rings (SSSR count). The lowest BCUT2D eigenvalue weighted by atomic mass is 9.98. The highest BCUT2D eigenvalue weighted by molar-refractivity contribution is 5.29. The number of benzene rings is 1. The van der Waals surface area contributed by atoms with E-state index in [0.717, 1.165) is 24.9 Å². The minimum atomic E-state index is -0.302. The molecule has 0 radical (unpaired) electrons. The molecule has 0 saturated carbocycles. The van der Waals surface area contributed by atoms with Crippen LogP contribution < -0.4 is 10.5 Å². The third-order valence-electron chi connectivity index (χ3n) is 3.74. The number of methoxy groups -OCH3 is 1. The summed E-state index contributed by atoms with van der Waals surface area (Å²) in [6.07, 6.45) is 1.76. The molecule has 0 bridgehead atoms. The third-order valence-corrected chi connectivity index (χ3v) is 3.74. The van der Waals surface area contributed by atoms with E-state index in [4.69, 9.17) is 10.5 Å². The van der Waals surface area contributed by atoms with Crippen molar-refractivity contribution in [2.75, 3.05) is 27.2 Å². The SMILES string of the molecule is COc1ccc(CCN(C)C(C)(C)CCN)cc1F. The van der Waals surface area contributed by atoms with Crippen molar-refractivity contribution < 1.29 is 9.13 Å². The van der Waals surface area contributed by atoms with Gasteiger partial charge < -0.3 is 15.4 Å². The fourth-order valence-corrected chi connectivity index (χ4v) is 2.01. The summed E-state index contributed by atoms with van der Waals surface area (Å²) in [4.78, 5) is 2.27. The van der Waals surface area contributed by atoms with Crippen molar-refractivity contribution >= 4 is 0 Å². The first-order chi connectivity index (χ1) is 8.90. The fourth-order valence-electron chi connectivity index (χ4n) is 2.01. The van der Waals surface area contributed by atoms with Gasteiger partial charge in [-0.25, -0.2) is 4.39 Å². The summed E-state index contributed by atoms with van der Waals surface area (Å²) in [6, 6.07) is 5.13. The summed E-state index contributed by atoms with van der Waals surface area (Å²) in [5, 5.41) is 0. The predicted molar refractivity (Wildman–Crippen MR) is 77.0 cm³/mol. The molecule has 0 fully saturated rings. The molecular formula is C15H25FN2O. The quantitative estimate of drug-likeness (QED) is 0.825. The summed E-state index contributed by atoms with van der Waals surface area (Å²) in [6.45, 7) is 5.90. The molecule has 0 aliphatic carbocycles. The van der Waals surface area contributed by atoms with E-state index >= 15 is 0 Å². The van der Waals surface area contributed by atoms with Crippen molar-refractivity contribution in [1.29, 1.82) is 0 Å². The zero-order chi connectivity index (χ0) is 14.5. The highest BCUT2D eigenvalue weighted by Gasteiger charge is 2.21. The summed E-state index contributed by atoms with van der Waals surface area (Å²) in [5.41, 5.74) is 6.67. The van der Waals surface area contributed by atoms with Crippen LogP contribution in [0.25, 0.3) is 0 Å². The molecule has 0 saturated heterocycles. The summed E-state index contributed by atoms with van der Waals surface area (Å²) >= 11 is 0. The Labute approximate surface area is 115 Å². The lowest BCUT2D eigenvalue weighted by Crippen LogP contribution is -2.43. The Morgan fingerprint density at radius 1 is 1.37 bits per heavy atom. The first-order valence-corrected chi connectivity index (χ1v) is 6.64. The normalized spacial score (nSPS) is 11.9. The first kappa shape index (κ1) is 15.9. The second-order valence-corrected chi connectivity index (χ2v) is 5.49. The Morgan fingerprint density at radius 2 is 2.05 bits per heavy atom. The number of rotatable bonds is 7. The number of likely N-dealkylation sites (N-methyl/N-ethyl adjacent to an activating group) is 1. The van der Waals surface area contributed by atoms with E-state index in [1.165, 1.54) is 7.11 Å². The average Bonchev–Trinajstić information content (AvgIpc) is 2.36. The second-order valence-electron chi connectivity index (χ2n) is 5.49. The molecule has 3 nitrogen and oxygen atoms in total. The van der Waals surface area contributed by atoms with Crippen molar-refractivity contribution in [2.45, 2.75) is 32.2 Å². The molecule has 0 unspecified atom stereocenters. The van der Waals surface area contributed by atoms with Gasteiger partial charge in [0, 0.05) is 12.1 Å². The molecule has 1 aromatic rings. The van der Waals surface area contributed by atoms with E-state index in [1.807, 2.05) is 6.07 Å². The molecule has 0 spiro atoms. The van der Waals surface area contributed by atoms with Gasteiger partial charge in [0.05, 0.1) is 7.11 Å². The van der Waals surface area contributed by atoms with Crippen LogP contribution in [0.3, 0.4) is 0 Å². The standard InChI is InChI=1S/C15H25FN2O/c1-15(2,8-9-17)18(3)10-7-12-5-6-14(19-4)13(16)11-12/h5-6,11H,7-10,17H2,1-4H3. The topological polar surface area (TPSA) is 38.5 Å². The number of ether oxygens (including phenoxy) is 1. The van der Waals surface area contributed by atoms with Gasteiger partial charge in [0.15, 0.2) is 11.6 Å². The van der Waals surface area contributed by atoms with Gasteiger partial charge >= 0.3 is 0 Å². The number of nitrogens with two attached hydrogens (primary N) is 1. The highest BCUT2D eigenvalue weighted by atomic mass is 19.1. The summed E-state index contributed by atoms with van der Waals surface area (Å²) in [7, 11) is 3.55. The monoisotopic (exact) mass is 268 g/mol. The molecule has 4 heteroatoms. The molecule has 0 aliphatic heterocycles. The number of hydrogen-bond donors (Lipinski definition) is 1. The zero-order valence-corrected chi connectivity index (χ0v) is 12.4. The van der Waals surface area contributed by atoms with Gasteiger partial charge in [0.1, 0.15) is 0 Å². The van der Waals surface area contributed by atoms with Gasteiger partial charge in [-0.05, 0) is 58.0 Å². The highest BCUT2D eigenvalue weighted by Crippen LogP contribution is 2.20. The Balaban J connectivity index is 2.59. The molecule has 19 heavy (non-hydrogen) atoms. The maximum Gasteiger partial charge on any atom is 0.165 e. The molecule has 0 atom stereocenters. The lowest BCUT2D eigenvalue weighted by Gasteiger charge is -2.35. The minimum Gasteiger partial charge on any atom is -0.494 e. The van der Waals surface area contributed by atoms with E-state index in [0.29, 0.717) is 12.3 Å². The van der Waals surface area contributed by atoms with Crippen LogP contribution in [0.2, 0.25) is 0 Å². The Kier molecular flexibility index (Phi) is 5.76. The molecule has 0 amide bonds. The van der Waals surface area contributed by atoms with E-state index in [1.54, 1.807) is 12.1 Å². The van der Waals surface area contributed by atoms with Crippen LogP contribution in [0, 0.1) is 5.82 Å². The van der Waals surface area contributed by atoms with Crippen molar-refractivity contribution in [1.82, 2.24) is 4.90 Å². The lowest BCUT2D eigenvalue weighted by molar-refractivity contribution is 0.150. The molecule has 0 aromatic heterocycles. The number of nitrogens with zero attached hydrogens (tertiary/aromatic N) is 1. The maximum atomic E-state index is 13.6. The number of hydrogen-bond acceptors (Lipinski definition) is 3. The Hall–Kier alpha value is -1.13. The van der Waals surface area contributed by atoms with Crippen LogP contribution in [0.1, 0.15) is 25.8 Å². The Bertz CT molecular complexity index is 407. The molecule has 0 aliphatic rings. The van der Waals surface area contributed by atoms with Crippen molar-refractivity contribution in [3.8, 4) is 5.75 Å². The van der Waals surface area contributed by atoms with Gasteiger partial charge in [-0.3, -0.25) is 0 Å². The van der Waals surface area contributed by atoms with E-state index in [2.05, 4.69) is 25.8 Å². The minimum absolute atomic E-state index is 0.0692. The van der Waals surface area contributed by atoms with Crippen molar-refractivity contribution in [2.24, 2.45) is 5.73 Å². The Morgan fingerprint density at radius 3 is 2.58 bits per heavy atom. The van der Waals surface area contributed by atoms with Crippen LogP contribution in [-0.2, 0) is 6.42 Å². The largest absolute Gasteiger partial charge is 0.494 e. The van der Waals surface area contributed by atoms with Gasteiger partial charge in [-0.15, -0.1) is 0 Å². The van der Waals surface area contributed by atoms with Gasteiger partial charge in [0.2, 0.25) is 0 Å². The third kappa shape index (κ3) is 4.48. The van der Waals surface area contributed by atoms with Gasteiger partial charge in [-0.2, -0.15) is 0 Å². The average molecular weight is 268 g/mol. The van der Waals surface area contributed by atoms with E-state index in [-0.39, 0.29) is 11.4 Å². The second kappa shape index (κ2) is 6.87. The molecule has 1 aromatic carbocycles. The molecule has 2 N–H and O–H groups in total. The predicted octanol–water partition coefficient (Wildman–Crippen LogP) is 2.44. The van der Waals surface area contributed by atoms with E-state index < -0.39 is 0 Å². The summed E-state index contributed by atoms with van der Waals surface area (Å²) < 4.78 is 18.5. The van der Waals surface area contributed by atoms with Crippen LogP contribution in [0.4, 0.5) is 4.39 Å². The van der Waals surface area contributed by atoms with Gasteiger partial charge in [0.25, 0.3) is 0 Å². The molecular weight excluding hydrogens is 243 g/mol. The first-order valence-electron chi connectivity index (χ1n) is 6.64. The van der Waals surface area contributed by atoms with Crippen molar-refractivity contribution in [3.05, 3.63) is 29.6 Å². The zero-order valence-electron chi connectivity index (χ0n) is 12.4. The van der Waals surface area contributed by atoms with Crippen LogP contribution >= 0.6 is 0 Å². The van der Waals surface area contributed by atoms with Crippen molar-refractivity contribution in [3.63, 3.8) is 0 Å². The fraction of sp³-hybridized carbons (Fsp3) is 0.600. The summed E-state index contributed by atoms with van der Waals surface area (Å²) in [5.74, 6) is -0.00978. The van der Waals surface area contributed by atoms with Crippen LogP contribution in [0.15, 0.2) is 18.2 Å².